The average Bonchev–Trinajstić information content (AvgIpc) is 3.27. The van der Waals surface area contributed by atoms with Gasteiger partial charge in [0.1, 0.15) is 5.75 Å². The number of aromatic nitrogens is 3. The zero-order chi connectivity index (χ0) is 23.2. The number of benzene rings is 2. The van der Waals surface area contributed by atoms with E-state index in [4.69, 9.17) is 4.74 Å². The third-order valence-corrected chi connectivity index (χ3v) is 7.76. The number of ether oxygens (including phenoxy) is 1. The van der Waals surface area contributed by atoms with Gasteiger partial charge >= 0.3 is 0 Å². The molecule has 1 amide bonds. The van der Waals surface area contributed by atoms with E-state index in [0.29, 0.717) is 12.0 Å². The number of amides is 1. The van der Waals surface area contributed by atoms with Gasteiger partial charge in [-0.15, -0.1) is 22.0 Å². The highest BCUT2D eigenvalue weighted by Gasteiger charge is 2.29. The molecule has 0 radical (unpaired) electrons. The molecule has 1 fully saturated rings. The van der Waals surface area contributed by atoms with Gasteiger partial charge in [0.15, 0.2) is 11.0 Å². The van der Waals surface area contributed by atoms with Crippen molar-refractivity contribution in [1.82, 2.24) is 14.8 Å². The molecule has 6 nitrogen and oxygen atoms in total. The zero-order valence-corrected chi connectivity index (χ0v) is 20.9. The molecule has 3 aromatic rings. The van der Waals surface area contributed by atoms with E-state index < -0.39 is 0 Å². The molecule has 2 atom stereocenters. The highest BCUT2D eigenvalue weighted by molar-refractivity contribution is 7.99. The van der Waals surface area contributed by atoms with Gasteiger partial charge in [-0.2, -0.15) is 0 Å². The van der Waals surface area contributed by atoms with E-state index in [1.807, 2.05) is 54.8 Å². The largest absolute Gasteiger partial charge is 0.497 e. The summed E-state index contributed by atoms with van der Waals surface area (Å²) >= 11 is 3.11. The Morgan fingerprint density at radius 2 is 1.94 bits per heavy atom. The Morgan fingerprint density at radius 1 is 1.15 bits per heavy atom. The molecule has 8 heteroatoms. The van der Waals surface area contributed by atoms with Crippen LogP contribution in [0.3, 0.4) is 0 Å². The van der Waals surface area contributed by atoms with Gasteiger partial charge < -0.3 is 10.1 Å². The van der Waals surface area contributed by atoms with Crippen LogP contribution in [0.2, 0.25) is 0 Å². The number of nitrogens with one attached hydrogen (secondary N) is 1. The fraction of sp³-hybridized carbons (Fsp3) is 0.400. The predicted octanol–water partition coefficient (Wildman–Crippen LogP) is 6.16. The van der Waals surface area contributed by atoms with Crippen molar-refractivity contribution in [3.05, 3.63) is 48.5 Å². The summed E-state index contributed by atoms with van der Waals surface area (Å²) in [4.78, 5) is 13.8. The van der Waals surface area contributed by atoms with Crippen LogP contribution in [0.25, 0.3) is 11.4 Å². The van der Waals surface area contributed by atoms with Crippen molar-refractivity contribution in [1.29, 1.82) is 0 Å². The van der Waals surface area contributed by atoms with E-state index in [1.165, 1.54) is 31.0 Å². The Hall–Kier alpha value is -2.45. The van der Waals surface area contributed by atoms with Gasteiger partial charge in [0.05, 0.1) is 12.9 Å². The fourth-order valence-electron chi connectivity index (χ4n) is 4.32. The van der Waals surface area contributed by atoms with Gasteiger partial charge in [-0.25, -0.2) is 0 Å². The van der Waals surface area contributed by atoms with Crippen molar-refractivity contribution >= 4 is 35.1 Å². The number of nitrogens with zero attached hydrogens (tertiary/aromatic N) is 3. The molecule has 1 heterocycles. The molecule has 1 saturated carbocycles. The summed E-state index contributed by atoms with van der Waals surface area (Å²) in [6, 6.07) is 16.1. The quantitative estimate of drug-likeness (QED) is 0.388. The Morgan fingerprint density at radius 3 is 2.67 bits per heavy atom. The van der Waals surface area contributed by atoms with Crippen LogP contribution in [-0.4, -0.2) is 39.8 Å². The van der Waals surface area contributed by atoms with Crippen LogP contribution >= 0.6 is 23.5 Å². The number of hydrogen-bond acceptors (Lipinski definition) is 6. The Bertz CT molecular complexity index is 1080. The smallest absolute Gasteiger partial charge is 0.234 e. The summed E-state index contributed by atoms with van der Waals surface area (Å²) < 4.78 is 7.57. The highest BCUT2D eigenvalue weighted by atomic mass is 32.2. The lowest BCUT2D eigenvalue weighted by molar-refractivity contribution is -0.113. The van der Waals surface area contributed by atoms with Crippen LogP contribution in [0.5, 0.6) is 5.75 Å². The minimum absolute atomic E-state index is 0.0458. The first-order valence-corrected chi connectivity index (χ1v) is 13.5. The van der Waals surface area contributed by atoms with E-state index in [2.05, 4.69) is 27.0 Å². The summed E-state index contributed by atoms with van der Waals surface area (Å²) in [6.07, 6.45) is 6.78. The molecule has 0 spiro atoms. The third kappa shape index (κ3) is 5.73. The maximum Gasteiger partial charge on any atom is 0.234 e. The number of carbonyl (C=O) groups is 1. The number of thioether (sulfide) groups is 2. The molecule has 0 saturated heterocycles. The monoisotopic (exact) mass is 482 g/mol. The minimum Gasteiger partial charge on any atom is -0.497 e. The second kappa shape index (κ2) is 11.1. The number of anilines is 1. The molecule has 1 aromatic heterocycles. The minimum atomic E-state index is -0.0458. The second-order valence-corrected chi connectivity index (χ2v) is 10.1. The number of hydrogen-bond donors (Lipinski definition) is 1. The van der Waals surface area contributed by atoms with E-state index >= 15 is 0 Å². The van der Waals surface area contributed by atoms with E-state index in [-0.39, 0.29) is 11.7 Å². The van der Waals surface area contributed by atoms with Crippen molar-refractivity contribution in [2.75, 3.05) is 24.4 Å². The third-order valence-electron chi connectivity index (χ3n) is 6.10. The highest BCUT2D eigenvalue weighted by Crippen LogP contribution is 2.39. The van der Waals surface area contributed by atoms with Crippen LogP contribution in [0.1, 0.15) is 38.6 Å². The van der Waals surface area contributed by atoms with Gasteiger partial charge in [0.25, 0.3) is 0 Å². The summed E-state index contributed by atoms with van der Waals surface area (Å²) in [7, 11) is 1.67. The molecule has 4 rings (SSSR count). The topological polar surface area (TPSA) is 69.0 Å². The maximum absolute atomic E-state index is 12.7. The van der Waals surface area contributed by atoms with Crippen LogP contribution in [0, 0.1) is 5.92 Å². The Labute approximate surface area is 203 Å². The van der Waals surface area contributed by atoms with Crippen molar-refractivity contribution in [3.63, 3.8) is 0 Å². The molecule has 0 unspecified atom stereocenters. The number of rotatable bonds is 8. The molecular formula is C25H30N4O2S2. The Balaban J connectivity index is 1.55. The van der Waals surface area contributed by atoms with Crippen LogP contribution < -0.4 is 10.1 Å². The van der Waals surface area contributed by atoms with Gasteiger partial charge in [0, 0.05) is 22.2 Å². The number of methoxy groups -OCH3 is 1. The summed E-state index contributed by atoms with van der Waals surface area (Å²) in [5.41, 5.74) is 1.82. The standard InChI is InChI=1S/C25H30N4O2S2/c1-17-7-4-5-10-22(17)29-24(18-11-13-20(31-2)14-12-18)27-28-25(29)33-16-23(30)26-19-8-6-9-21(15-19)32-3/h6,8-9,11-15,17,22H,4-5,7,10,16H2,1-3H3,(H,26,30)/t17-,22-/m1/s1. The lowest BCUT2D eigenvalue weighted by Crippen LogP contribution is -2.23. The average molecular weight is 483 g/mol. The van der Waals surface area contributed by atoms with Crippen molar-refractivity contribution in [2.45, 2.75) is 48.7 Å². The zero-order valence-electron chi connectivity index (χ0n) is 19.3. The van der Waals surface area contributed by atoms with Crippen molar-refractivity contribution in [3.8, 4) is 17.1 Å². The van der Waals surface area contributed by atoms with Crippen LogP contribution in [0.15, 0.2) is 58.6 Å². The molecule has 33 heavy (non-hydrogen) atoms. The van der Waals surface area contributed by atoms with Gasteiger partial charge in [0.2, 0.25) is 5.91 Å². The van der Waals surface area contributed by atoms with Gasteiger partial charge in [-0.3, -0.25) is 9.36 Å². The van der Waals surface area contributed by atoms with Crippen molar-refractivity contribution in [2.24, 2.45) is 5.92 Å². The molecule has 1 N–H and O–H groups in total. The van der Waals surface area contributed by atoms with E-state index in [9.17, 15) is 4.79 Å². The lowest BCUT2D eigenvalue weighted by Gasteiger charge is -2.31. The fourth-order valence-corrected chi connectivity index (χ4v) is 5.57. The molecule has 0 bridgehead atoms. The lowest BCUT2D eigenvalue weighted by atomic mass is 9.85. The molecule has 2 aromatic carbocycles. The number of carbonyl (C=O) groups excluding carboxylic acids is 1. The first kappa shape index (κ1) is 23.7. The van der Waals surface area contributed by atoms with E-state index in [1.54, 1.807) is 18.9 Å². The van der Waals surface area contributed by atoms with Crippen molar-refractivity contribution < 1.29 is 9.53 Å². The summed E-state index contributed by atoms with van der Waals surface area (Å²) in [5, 5.41) is 12.9. The maximum atomic E-state index is 12.7. The molecule has 1 aliphatic rings. The predicted molar refractivity (Wildman–Crippen MR) is 136 cm³/mol. The van der Waals surface area contributed by atoms with Crippen LogP contribution in [-0.2, 0) is 4.79 Å². The second-order valence-electron chi connectivity index (χ2n) is 8.30. The van der Waals surface area contributed by atoms with E-state index in [0.717, 1.165) is 39.3 Å². The van der Waals surface area contributed by atoms with Gasteiger partial charge in [-0.05, 0) is 67.5 Å². The molecule has 1 aliphatic carbocycles. The first-order chi connectivity index (χ1) is 16.1. The summed E-state index contributed by atoms with van der Waals surface area (Å²) in [5.74, 6) is 2.44. The van der Waals surface area contributed by atoms with Crippen LogP contribution in [0.4, 0.5) is 5.69 Å². The first-order valence-electron chi connectivity index (χ1n) is 11.2. The Kier molecular flexibility index (Phi) is 7.98. The van der Waals surface area contributed by atoms with Gasteiger partial charge in [-0.1, -0.05) is 37.6 Å². The molecule has 0 aliphatic heterocycles. The molecule has 174 valence electrons. The molecular weight excluding hydrogens is 452 g/mol. The SMILES string of the molecule is COc1ccc(-c2nnc(SCC(=O)Nc3cccc(SC)c3)n2[C@@H]2CCCC[C@H]2C)cc1. The summed E-state index contributed by atoms with van der Waals surface area (Å²) in [6.45, 7) is 2.31. The normalized spacial score (nSPS) is 18.2.